The topological polar surface area (TPSA) is 157 Å². The molecule has 10 rings (SSSR count). The van der Waals surface area contributed by atoms with Crippen LogP contribution in [0, 0.1) is 20.8 Å². The molecule has 12 nitrogen and oxygen atoms in total. The van der Waals surface area contributed by atoms with Gasteiger partial charge < -0.3 is 25.2 Å². The molecule has 0 fully saturated rings. The maximum absolute atomic E-state index is 5.70. The first-order valence-electron chi connectivity index (χ1n) is 17.8. The number of imidazole rings is 3. The van der Waals surface area contributed by atoms with Crippen LogP contribution in [0.1, 0.15) is 24.9 Å². The summed E-state index contributed by atoms with van der Waals surface area (Å²) in [4.78, 5) is 32.0. The van der Waals surface area contributed by atoms with E-state index in [-0.39, 0.29) is 7.43 Å². The number of nitrogens with two attached hydrogens (primary N) is 2. The Morgan fingerprint density at radius 3 is 1.25 bits per heavy atom. The van der Waals surface area contributed by atoms with Gasteiger partial charge in [0.1, 0.15) is 17.5 Å². The molecule has 0 aliphatic rings. The molecule has 0 bridgehead atoms. The molecule has 0 unspecified atom stereocenters. The summed E-state index contributed by atoms with van der Waals surface area (Å²) in [6.45, 7) is 5.95. The maximum atomic E-state index is 5.70. The molecule has 4 N–H and O–H groups in total. The third kappa shape index (κ3) is 6.95. The Bertz CT molecular complexity index is 3020. The highest BCUT2D eigenvalue weighted by Gasteiger charge is 2.11. The second-order valence-corrected chi connectivity index (χ2v) is 13.5. The fraction of sp³-hybridized carbons (Fsp3) is 0.159. The van der Waals surface area contributed by atoms with E-state index in [2.05, 4.69) is 40.1 Å². The van der Waals surface area contributed by atoms with E-state index in [1.54, 1.807) is 6.07 Å². The molecular weight excluding hydrogens is 697 g/mol. The molecular formula is C44H44N12. The summed E-state index contributed by atoms with van der Waals surface area (Å²) >= 11 is 0. The average Bonchev–Trinajstić information content (AvgIpc) is 3.76. The van der Waals surface area contributed by atoms with Gasteiger partial charge in [0.15, 0.2) is 0 Å². The van der Waals surface area contributed by atoms with Crippen molar-refractivity contribution < 1.29 is 0 Å². The molecule has 0 amide bonds. The maximum Gasteiger partial charge on any atom is 0.106 e. The molecule has 0 spiro atoms. The van der Waals surface area contributed by atoms with Crippen molar-refractivity contribution in [2.75, 3.05) is 11.5 Å². The van der Waals surface area contributed by atoms with Gasteiger partial charge in [-0.1, -0.05) is 68.1 Å². The van der Waals surface area contributed by atoms with E-state index in [1.165, 1.54) is 0 Å². The predicted octanol–water partition coefficient (Wildman–Crippen LogP) is 8.67. The van der Waals surface area contributed by atoms with Crippen molar-refractivity contribution in [1.82, 2.24) is 48.6 Å². The Labute approximate surface area is 324 Å². The number of fused-ring (bicyclic) bond motifs is 5. The number of rotatable bonds is 2. The molecule has 0 aliphatic heterocycles. The van der Waals surface area contributed by atoms with Gasteiger partial charge >= 0.3 is 0 Å². The monoisotopic (exact) mass is 740 g/mol. The van der Waals surface area contributed by atoms with Gasteiger partial charge in [0, 0.05) is 32.3 Å². The van der Waals surface area contributed by atoms with E-state index in [0.29, 0.717) is 11.4 Å². The van der Waals surface area contributed by atoms with Crippen molar-refractivity contribution in [1.29, 1.82) is 0 Å². The van der Waals surface area contributed by atoms with Gasteiger partial charge in [-0.05, 0) is 57.2 Å². The zero-order chi connectivity index (χ0) is 38.4. The highest BCUT2D eigenvalue weighted by molar-refractivity contribution is 5.93. The summed E-state index contributed by atoms with van der Waals surface area (Å²) in [5.41, 5.74) is 26.0. The van der Waals surface area contributed by atoms with Crippen LogP contribution in [-0.4, -0.2) is 48.6 Å². The molecule has 0 radical (unpaired) electrons. The van der Waals surface area contributed by atoms with Crippen molar-refractivity contribution in [3.8, 4) is 22.5 Å². The Kier molecular flexibility index (Phi) is 9.88. The van der Waals surface area contributed by atoms with E-state index in [0.717, 1.165) is 95.2 Å². The van der Waals surface area contributed by atoms with Crippen molar-refractivity contribution >= 4 is 66.5 Å². The lowest BCUT2D eigenvalue weighted by Crippen LogP contribution is -1.95. The minimum atomic E-state index is 0. The van der Waals surface area contributed by atoms with Crippen molar-refractivity contribution in [2.45, 2.75) is 28.2 Å². The van der Waals surface area contributed by atoms with E-state index in [1.807, 2.05) is 144 Å². The lowest BCUT2D eigenvalue weighted by atomic mass is 10.1. The largest absolute Gasteiger partial charge is 0.397 e. The number of hydrogen-bond acceptors (Lipinski definition) is 9. The zero-order valence-corrected chi connectivity index (χ0v) is 31.5. The van der Waals surface area contributed by atoms with Crippen LogP contribution in [0.25, 0.3) is 77.7 Å². The SMILES string of the molecule is C.Cc1nc2cc(N)c(N)cc2n1C.Cc1nc2cc3nc(-c4ccccc4)cnc3cc2n1C.Cc1nc2cc3ncc(-c4ccccc4)nc3cc2n1C. The van der Waals surface area contributed by atoms with Crippen LogP contribution in [0.2, 0.25) is 0 Å². The summed E-state index contributed by atoms with van der Waals surface area (Å²) in [6.07, 6.45) is 3.64. The number of aryl methyl sites for hydroxylation is 6. The van der Waals surface area contributed by atoms with Crippen molar-refractivity contribution in [3.63, 3.8) is 0 Å². The quantitative estimate of drug-likeness (QED) is 0.166. The number of nitrogen functional groups attached to an aromatic ring is 2. The fourth-order valence-corrected chi connectivity index (χ4v) is 6.52. The molecule has 0 saturated carbocycles. The van der Waals surface area contributed by atoms with Gasteiger partial charge in [-0.25, -0.2) is 24.9 Å². The molecule has 0 atom stereocenters. The number of benzene rings is 5. The molecule has 280 valence electrons. The first-order valence-corrected chi connectivity index (χ1v) is 17.8. The Morgan fingerprint density at radius 1 is 0.411 bits per heavy atom. The normalized spacial score (nSPS) is 11.0. The number of aromatic nitrogens is 10. The van der Waals surface area contributed by atoms with Crippen molar-refractivity contribution in [3.05, 3.63) is 127 Å². The minimum Gasteiger partial charge on any atom is -0.397 e. The number of nitrogens with zero attached hydrogens (tertiary/aromatic N) is 10. The summed E-state index contributed by atoms with van der Waals surface area (Å²) in [5.74, 6) is 2.94. The Balaban J connectivity index is 0.000000132. The Hall–Kier alpha value is -7.21. The smallest absolute Gasteiger partial charge is 0.106 e. The van der Waals surface area contributed by atoms with Gasteiger partial charge in [-0.15, -0.1) is 0 Å². The number of anilines is 2. The molecule has 56 heavy (non-hydrogen) atoms. The molecule has 5 heterocycles. The highest BCUT2D eigenvalue weighted by atomic mass is 15.1. The van der Waals surface area contributed by atoms with Crippen LogP contribution in [0.3, 0.4) is 0 Å². The van der Waals surface area contributed by atoms with E-state index in [9.17, 15) is 0 Å². The molecule has 10 aromatic rings. The average molecular weight is 741 g/mol. The Morgan fingerprint density at radius 2 is 0.768 bits per heavy atom. The van der Waals surface area contributed by atoms with E-state index in [4.69, 9.17) is 21.4 Å². The van der Waals surface area contributed by atoms with E-state index >= 15 is 0 Å². The summed E-state index contributed by atoms with van der Waals surface area (Å²) in [7, 11) is 5.99. The third-order valence-electron chi connectivity index (χ3n) is 9.98. The van der Waals surface area contributed by atoms with Crippen LogP contribution < -0.4 is 11.5 Å². The first kappa shape index (κ1) is 37.1. The number of hydrogen-bond donors (Lipinski definition) is 2. The lowest BCUT2D eigenvalue weighted by Gasteiger charge is -2.03. The first-order chi connectivity index (χ1) is 26.5. The standard InChI is InChI=1S/2C17H14N4.C9H12N4.CH4/c1-11-19-15-8-14-13(9-17(15)21(11)2)18-10-16(20-14)12-6-4-3-5-7-12;1-11-19-15-8-13-14(9-17(15)21(11)2)20-16(10-18-13)12-6-4-3-5-7-12;1-5-12-8-3-6(10)7(11)4-9(8)13(5)2;/h2*3-10H,1-2H3;3-4H,10-11H2,1-2H3;1H4. The predicted molar refractivity (Wildman–Crippen MR) is 229 cm³/mol. The fourth-order valence-electron chi connectivity index (χ4n) is 6.52. The summed E-state index contributed by atoms with van der Waals surface area (Å²) in [6, 6.07) is 32.0. The van der Waals surface area contributed by atoms with Crippen LogP contribution in [0.15, 0.2) is 109 Å². The van der Waals surface area contributed by atoms with Crippen LogP contribution in [0.4, 0.5) is 11.4 Å². The summed E-state index contributed by atoms with van der Waals surface area (Å²) < 4.78 is 6.14. The minimum absolute atomic E-state index is 0. The molecule has 5 aromatic carbocycles. The molecule has 12 heteroatoms. The van der Waals surface area contributed by atoms with Crippen LogP contribution in [0.5, 0.6) is 0 Å². The molecule has 0 saturated heterocycles. The summed E-state index contributed by atoms with van der Waals surface area (Å²) in [5, 5.41) is 0. The highest BCUT2D eigenvalue weighted by Crippen LogP contribution is 2.26. The van der Waals surface area contributed by atoms with Crippen molar-refractivity contribution in [2.24, 2.45) is 21.1 Å². The van der Waals surface area contributed by atoms with Crippen LogP contribution in [-0.2, 0) is 21.1 Å². The van der Waals surface area contributed by atoms with Gasteiger partial charge in [0.2, 0.25) is 0 Å². The zero-order valence-electron chi connectivity index (χ0n) is 31.5. The lowest BCUT2D eigenvalue weighted by molar-refractivity contribution is 0.886. The van der Waals surface area contributed by atoms with Crippen LogP contribution >= 0.6 is 0 Å². The van der Waals surface area contributed by atoms with E-state index < -0.39 is 0 Å². The molecule has 0 aliphatic carbocycles. The van der Waals surface area contributed by atoms with Gasteiger partial charge in [-0.2, -0.15) is 0 Å². The van der Waals surface area contributed by atoms with Gasteiger partial charge in [0.05, 0.1) is 90.3 Å². The second-order valence-electron chi connectivity index (χ2n) is 13.5. The molecule has 5 aromatic heterocycles. The van der Waals surface area contributed by atoms with Gasteiger partial charge in [0.25, 0.3) is 0 Å². The second kappa shape index (κ2) is 14.9. The third-order valence-corrected chi connectivity index (χ3v) is 9.98. The van der Waals surface area contributed by atoms with Gasteiger partial charge in [-0.3, -0.25) is 9.97 Å².